The van der Waals surface area contributed by atoms with Crippen LogP contribution in [0.25, 0.3) is 10.9 Å². The van der Waals surface area contributed by atoms with Gasteiger partial charge in [-0.3, -0.25) is 4.79 Å². The third kappa shape index (κ3) is 2.80. The van der Waals surface area contributed by atoms with Gasteiger partial charge < -0.3 is 9.88 Å². The number of halogens is 1. The lowest BCUT2D eigenvalue weighted by atomic mass is 10.1. The van der Waals surface area contributed by atoms with Crippen LogP contribution >= 0.6 is 11.6 Å². The molecular formula is C20H21ClN2O. The average molecular weight is 341 g/mol. The number of hydrogen-bond acceptors (Lipinski definition) is 1. The standard InChI is InChI=1S/C20H21ClN2O/c1-5-23-18-9-8-15(21)11-16(18)14(4)19(23)20(24)22-17-10-12(2)6-7-13(17)3/h6-11H,5H2,1-4H3,(H,22,24). The summed E-state index contributed by atoms with van der Waals surface area (Å²) in [5, 5.41) is 4.77. The molecule has 0 saturated heterocycles. The highest BCUT2D eigenvalue weighted by Gasteiger charge is 2.20. The maximum absolute atomic E-state index is 13.0. The number of benzene rings is 2. The first-order valence-corrected chi connectivity index (χ1v) is 8.47. The van der Waals surface area contributed by atoms with E-state index in [0.29, 0.717) is 10.7 Å². The third-order valence-electron chi connectivity index (χ3n) is 4.45. The van der Waals surface area contributed by atoms with Crippen LogP contribution in [-0.4, -0.2) is 10.5 Å². The predicted molar refractivity (Wildman–Crippen MR) is 101 cm³/mol. The summed E-state index contributed by atoms with van der Waals surface area (Å²) in [5.74, 6) is -0.0876. The summed E-state index contributed by atoms with van der Waals surface area (Å²) < 4.78 is 2.04. The van der Waals surface area contributed by atoms with Crippen molar-refractivity contribution in [3.8, 4) is 0 Å². The van der Waals surface area contributed by atoms with Crippen molar-refractivity contribution in [2.24, 2.45) is 0 Å². The van der Waals surface area contributed by atoms with Crippen LogP contribution in [0.5, 0.6) is 0 Å². The van der Waals surface area contributed by atoms with Gasteiger partial charge in [0, 0.05) is 28.2 Å². The maximum Gasteiger partial charge on any atom is 0.272 e. The number of aryl methyl sites for hydroxylation is 4. The van der Waals surface area contributed by atoms with Gasteiger partial charge in [-0.15, -0.1) is 0 Å². The van der Waals surface area contributed by atoms with E-state index in [-0.39, 0.29) is 5.91 Å². The second-order valence-corrected chi connectivity index (χ2v) is 6.59. The molecule has 3 nitrogen and oxygen atoms in total. The number of amides is 1. The second-order valence-electron chi connectivity index (χ2n) is 6.15. The fraction of sp³-hybridized carbons (Fsp3) is 0.250. The molecule has 4 heteroatoms. The Morgan fingerprint density at radius 2 is 1.88 bits per heavy atom. The molecule has 1 heterocycles. The van der Waals surface area contributed by atoms with Gasteiger partial charge in [-0.1, -0.05) is 23.7 Å². The highest BCUT2D eigenvalue weighted by molar-refractivity contribution is 6.31. The summed E-state index contributed by atoms with van der Waals surface area (Å²) in [5.41, 5.74) is 5.70. The van der Waals surface area contributed by atoms with E-state index in [9.17, 15) is 4.79 Å². The van der Waals surface area contributed by atoms with Crippen molar-refractivity contribution in [3.05, 3.63) is 63.8 Å². The first-order valence-electron chi connectivity index (χ1n) is 8.09. The molecule has 24 heavy (non-hydrogen) atoms. The van der Waals surface area contributed by atoms with Crippen LogP contribution in [0.4, 0.5) is 5.69 Å². The number of carbonyl (C=O) groups is 1. The van der Waals surface area contributed by atoms with Gasteiger partial charge in [-0.25, -0.2) is 0 Å². The molecule has 0 aliphatic rings. The monoisotopic (exact) mass is 340 g/mol. The smallest absolute Gasteiger partial charge is 0.272 e. The van der Waals surface area contributed by atoms with E-state index in [1.165, 1.54) is 0 Å². The van der Waals surface area contributed by atoms with Gasteiger partial charge in [0.15, 0.2) is 0 Å². The maximum atomic E-state index is 13.0. The highest BCUT2D eigenvalue weighted by Crippen LogP contribution is 2.29. The van der Waals surface area contributed by atoms with E-state index in [2.05, 4.69) is 5.32 Å². The molecule has 0 fully saturated rings. The van der Waals surface area contributed by atoms with E-state index >= 15 is 0 Å². The number of aromatic nitrogens is 1. The van der Waals surface area contributed by atoms with E-state index in [1.54, 1.807) is 0 Å². The summed E-state index contributed by atoms with van der Waals surface area (Å²) in [7, 11) is 0. The lowest BCUT2D eigenvalue weighted by Crippen LogP contribution is -2.18. The minimum Gasteiger partial charge on any atom is -0.337 e. The summed E-state index contributed by atoms with van der Waals surface area (Å²) in [6.07, 6.45) is 0. The van der Waals surface area contributed by atoms with Crippen molar-refractivity contribution in [1.82, 2.24) is 4.57 Å². The lowest BCUT2D eigenvalue weighted by molar-refractivity contribution is 0.101. The Labute approximate surface area is 147 Å². The average Bonchev–Trinajstić information content (AvgIpc) is 2.82. The fourth-order valence-electron chi connectivity index (χ4n) is 3.17. The zero-order valence-electron chi connectivity index (χ0n) is 14.4. The second kappa shape index (κ2) is 6.33. The van der Waals surface area contributed by atoms with E-state index in [0.717, 1.165) is 39.8 Å². The molecule has 0 aliphatic carbocycles. The number of hydrogen-bond donors (Lipinski definition) is 1. The number of rotatable bonds is 3. The Morgan fingerprint density at radius 3 is 2.58 bits per heavy atom. The van der Waals surface area contributed by atoms with Crippen molar-refractivity contribution < 1.29 is 4.79 Å². The molecule has 0 radical (unpaired) electrons. The Kier molecular flexibility index (Phi) is 4.37. The van der Waals surface area contributed by atoms with Crippen LogP contribution in [-0.2, 0) is 6.54 Å². The molecule has 0 saturated carbocycles. The SMILES string of the molecule is CCn1c(C(=O)Nc2cc(C)ccc2C)c(C)c2cc(Cl)ccc21. The Hall–Kier alpha value is -2.26. The van der Waals surface area contributed by atoms with Gasteiger partial charge in [0.1, 0.15) is 5.69 Å². The Bertz CT molecular complexity index is 940. The van der Waals surface area contributed by atoms with Gasteiger partial charge in [0.2, 0.25) is 0 Å². The minimum atomic E-state index is -0.0876. The normalized spacial score (nSPS) is 11.0. The summed E-state index contributed by atoms with van der Waals surface area (Å²) in [6.45, 7) is 8.76. The van der Waals surface area contributed by atoms with Gasteiger partial charge in [-0.2, -0.15) is 0 Å². The molecule has 2 aromatic carbocycles. The minimum absolute atomic E-state index is 0.0876. The molecule has 1 N–H and O–H groups in total. The molecule has 1 aromatic heterocycles. The van der Waals surface area contributed by atoms with Crippen LogP contribution < -0.4 is 5.32 Å². The number of fused-ring (bicyclic) bond motifs is 1. The van der Waals surface area contributed by atoms with Crippen molar-refractivity contribution in [3.63, 3.8) is 0 Å². The number of nitrogens with one attached hydrogen (secondary N) is 1. The van der Waals surface area contributed by atoms with Crippen LogP contribution in [0.15, 0.2) is 36.4 Å². The molecule has 0 aliphatic heterocycles. The summed E-state index contributed by atoms with van der Waals surface area (Å²) >= 11 is 6.13. The van der Waals surface area contributed by atoms with Crippen LogP contribution in [0.2, 0.25) is 5.02 Å². The van der Waals surface area contributed by atoms with Crippen LogP contribution in [0, 0.1) is 20.8 Å². The Morgan fingerprint density at radius 1 is 1.12 bits per heavy atom. The van der Waals surface area contributed by atoms with Crippen molar-refractivity contribution in [2.45, 2.75) is 34.2 Å². The van der Waals surface area contributed by atoms with Gasteiger partial charge in [-0.05, 0) is 68.7 Å². The first-order chi connectivity index (χ1) is 11.4. The predicted octanol–water partition coefficient (Wildman–Crippen LogP) is 5.49. The van der Waals surface area contributed by atoms with Gasteiger partial charge in [0.25, 0.3) is 5.91 Å². The Balaban J connectivity index is 2.09. The van der Waals surface area contributed by atoms with Gasteiger partial charge >= 0.3 is 0 Å². The number of anilines is 1. The number of carbonyl (C=O) groups excluding carboxylic acids is 1. The van der Waals surface area contributed by atoms with E-state index in [1.807, 2.05) is 68.7 Å². The zero-order valence-corrected chi connectivity index (χ0v) is 15.2. The molecule has 124 valence electrons. The molecule has 0 spiro atoms. The zero-order chi connectivity index (χ0) is 17.4. The quantitative estimate of drug-likeness (QED) is 0.671. The van der Waals surface area contributed by atoms with Crippen molar-refractivity contribution in [2.75, 3.05) is 5.32 Å². The largest absolute Gasteiger partial charge is 0.337 e. The molecule has 0 bridgehead atoms. The third-order valence-corrected chi connectivity index (χ3v) is 4.69. The summed E-state index contributed by atoms with van der Waals surface area (Å²) in [4.78, 5) is 13.0. The molecule has 3 rings (SSSR count). The first kappa shape index (κ1) is 16.6. The van der Waals surface area contributed by atoms with E-state index in [4.69, 9.17) is 11.6 Å². The molecule has 1 amide bonds. The van der Waals surface area contributed by atoms with Crippen molar-refractivity contribution >= 4 is 34.1 Å². The molecule has 0 unspecified atom stereocenters. The van der Waals surface area contributed by atoms with Crippen LogP contribution in [0.1, 0.15) is 34.1 Å². The molecule has 0 atom stereocenters. The van der Waals surface area contributed by atoms with Crippen molar-refractivity contribution in [1.29, 1.82) is 0 Å². The lowest BCUT2D eigenvalue weighted by Gasteiger charge is -2.12. The van der Waals surface area contributed by atoms with E-state index < -0.39 is 0 Å². The topological polar surface area (TPSA) is 34.0 Å². The molecular weight excluding hydrogens is 320 g/mol. The summed E-state index contributed by atoms with van der Waals surface area (Å²) in [6, 6.07) is 11.8. The molecule has 3 aromatic rings. The fourth-order valence-corrected chi connectivity index (χ4v) is 3.34. The number of nitrogens with zero attached hydrogens (tertiary/aromatic N) is 1. The van der Waals surface area contributed by atoms with Crippen LogP contribution in [0.3, 0.4) is 0 Å². The van der Waals surface area contributed by atoms with Gasteiger partial charge in [0.05, 0.1) is 0 Å². The highest BCUT2D eigenvalue weighted by atomic mass is 35.5.